The number of aryl methyl sites for hydroxylation is 1. The molecule has 0 fully saturated rings. The highest BCUT2D eigenvalue weighted by atomic mass is 16.3. The number of carbonyl (C=O) groups is 1. The maximum absolute atomic E-state index is 13.2. The molecule has 2 aliphatic rings. The van der Waals surface area contributed by atoms with E-state index in [1.165, 1.54) is 6.33 Å². The first-order valence-electron chi connectivity index (χ1n) is 8.74. The number of benzene rings is 1. The van der Waals surface area contributed by atoms with E-state index in [4.69, 9.17) is 4.42 Å². The molecule has 6 heteroatoms. The summed E-state index contributed by atoms with van der Waals surface area (Å²) in [4.78, 5) is 17.5. The molecule has 130 valence electrons. The Morgan fingerprint density at radius 2 is 2.08 bits per heavy atom. The van der Waals surface area contributed by atoms with Crippen molar-refractivity contribution >= 4 is 11.7 Å². The molecule has 2 aromatic heterocycles. The summed E-state index contributed by atoms with van der Waals surface area (Å²) in [7, 11) is 0. The largest absolute Gasteiger partial charge is 0.469 e. The number of anilines is 1. The lowest BCUT2D eigenvalue weighted by Gasteiger charge is -2.35. The molecule has 1 aliphatic heterocycles. The molecule has 0 bridgehead atoms. The Labute approximate surface area is 150 Å². The number of aromatic nitrogens is 3. The quantitative estimate of drug-likeness (QED) is 0.767. The first-order chi connectivity index (χ1) is 12.7. The molecule has 6 nitrogen and oxygen atoms in total. The highest BCUT2D eigenvalue weighted by Gasteiger charge is 2.40. The van der Waals surface area contributed by atoms with Gasteiger partial charge in [-0.1, -0.05) is 24.3 Å². The molecule has 1 aromatic carbocycles. The molecule has 0 amide bonds. The molecule has 1 aliphatic carbocycles. The number of nitrogens with zero attached hydrogens (tertiary/aromatic N) is 3. The predicted molar refractivity (Wildman–Crippen MR) is 95.7 cm³/mol. The second-order valence-electron chi connectivity index (χ2n) is 6.85. The zero-order valence-corrected chi connectivity index (χ0v) is 14.3. The predicted octanol–water partition coefficient (Wildman–Crippen LogP) is 3.60. The summed E-state index contributed by atoms with van der Waals surface area (Å²) in [5.41, 5.74) is 3.93. The van der Waals surface area contributed by atoms with Gasteiger partial charge in [0.2, 0.25) is 5.95 Å². The number of fused-ring (bicyclic) bond motifs is 1. The van der Waals surface area contributed by atoms with Crippen LogP contribution >= 0.6 is 0 Å². The number of carbonyl (C=O) groups excluding carboxylic acids is 1. The minimum atomic E-state index is -0.241. The summed E-state index contributed by atoms with van der Waals surface area (Å²) in [5.74, 6) is 1.71. The van der Waals surface area contributed by atoms with Gasteiger partial charge in [0.05, 0.1) is 6.26 Å². The fraction of sp³-hybridized carbons (Fsp3) is 0.250. The molecule has 0 radical (unpaired) electrons. The third kappa shape index (κ3) is 2.22. The molecule has 0 spiro atoms. The Kier molecular flexibility index (Phi) is 3.31. The van der Waals surface area contributed by atoms with Gasteiger partial charge in [0, 0.05) is 23.6 Å². The van der Waals surface area contributed by atoms with Crippen molar-refractivity contribution < 1.29 is 9.21 Å². The number of hydrogen-bond acceptors (Lipinski definition) is 5. The summed E-state index contributed by atoms with van der Waals surface area (Å²) < 4.78 is 7.36. The van der Waals surface area contributed by atoms with E-state index in [0.29, 0.717) is 12.4 Å². The number of furan rings is 1. The van der Waals surface area contributed by atoms with Crippen LogP contribution in [0, 0.1) is 6.92 Å². The average molecular weight is 346 g/mol. The van der Waals surface area contributed by atoms with Gasteiger partial charge in [-0.05, 0) is 36.6 Å². The maximum atomic E-state index is 13.2. The molecule has 26 heavy (non-hydrogen) atoms. The van der Waals surface area contributed by atoms with Gasteiger partial charge in [-0.15, -0.1) is 0 Å². The number of rotatable bonds is 2. The molecule has 0 saturated carbocycles. The monoisotopic (exact) mass is 346 g/mol. The van der Waals surface area contributed by atoms with Crippen LogP contribution in [0.2, 0.25) is 0 Å². The number of hydrogen-bond donors (Lipinski definition) is 1. The van der Waals surface area contributed by atoms with Crippen molar-refractivity contribution in [1.82, 2.24) is 14.8 Å². The molecular formula is C20H18N4O2. The Morgan fingerprint density at radius 1 is 1.19 bits per heavy atom. The molecule has 1 N–H and O–H groups in total. The minimum Gasteiger partial charge on any atom is -0.469 e. The van der Waals surface area contributed by atoms with E-state index in [-0.39, 0.29) is 17.7 Å². The minimum absolute atomic E-state index is 0.0516. The highest BCUT2D eigenvalue weighted by Crippen LogP contribution is 2.44. The molecule has 5 rings (SSSR count). The van der Waals surface area contributed by atoms with Crippen molar-refractivity contribution in [2.45, 2.75) is 31.7 Å². The molecule has 0 saturated heterocycles. The summed E-state index contributed by atoms with van der Waals surface area (Å²) in [6.07, 6.45) is 4.36. The van der Waals surface area contributed by atoms with Crippen molar-refractivity contribution in [3.63, 3.8) is 0 Å². The lowest BCUT2D eigenvalue weighted by atomic mass is 9.79. The van der Waals surface area contributed by atoms with Crippen molar-refractivity contribution in [3.8, 4) is 0 Å². The smallest absolute Gasteiger partial charge is 0.226 e. The van der Waals surface area contributed by atoms with Crippen LogP contribution in [-0.4, -0.2) is 20.5 Å². The van der Waals surface area contributed by atoms with Crippen LogP contribution in [0.1, 0.15) is 41.7 Å². The average Bonchev–Trinajstić information content (AvgIpc) is 3.32. The number of allylic oxidation sites excluding steroid dienone is 2. The van der Waals surface area contributed by atoms with Crippen LogP contribution in [0.5, 0.6) is 0 Å². The molecule has 3 heterocycles. The summed E-state index contributed by atoms with van der Waals surface area (Å²) >= 11 is 0. The third-order valence-corrected chi connectivity index (χ3v) is 5.29. The fourth-order valence-electron chi connectivity index (χ4n) is 4.06. The van der Waals surface area contributed by atoms with Crippen LogP contribution < -0.4 is 5.32 Å². The summed E-state index contributed by atoms with van der Waals surface area (Å²) in [6.45, 7) is 2.06. The molecule has 2 atom stereocenters. The lowest BCUT2D eigenvalue weighted by Crippen LogP contribution is -2.33. The van der Waals surface area contributed by atoms with Gasteiger partial charge in [-0.25, -0.2) is 4.68 Å². The normalized spacial score (nSPS) is 22.0. The maximum Gasteiger partial charge on any atom is 0.226 e. The highest BCUT2D eigenvalue weighted by molar-refractivity contribution is 6.00. The Hall–Kier alpha value is -3.15. The summed E-state index contributed by atoms with van der Waals surface area (Å²) in [5, 5.41) is 7.72. The van der Waals surface area contributed by atoms with Gasteiger partial charge < -0.3 is 9.73 Å². The van der Waals surface area contributed by atoms with E-state index < -0.39 is 0 Å². The van der Waals surface area contributed by atoms with E-state index in [0.717, 1.165) is 34.6 Å². The second-order valence-corrected chi connectivity index (χ2v) is 6.85. The first kappa shape index (κ1) is 15.1. The van der Waals surface area contributed by atoms with Crippen molar-refractivity contribution in [2.24, 2.45) is 0 Å². The fourth-order valence-corrected chi connectivity index (χ4v) is 4.06. The van der Waals surface area contributed by atoms with Gasteiger partial charge >= 0.3 is 0 Å². The van der Waals surface area contributed by atoms with E-state index >= 15 is 0 Å². The zero-order chi connectivity index (χ0) is 17.7. The zero-order valence-electron chi connectivity index (χ0n) is 14.3. The van der Waals surface area contributed by atoms with Gasteiger partial charge in [-0.3, -0.25) is 4.79 Å². The van der Waals surface area contributed by atoms with E-state index in [1.54, 1.807) is 6.26 Å². The second kappa shape index (κ2) is 5.69. The third-order valence-electron chi connectivity index (χ3n) is 5.29. The van der Waals surface area contributed by atoms with Crippen molar-refractivity contribution in [2.75, 3.05) is 5.32 Å². The number of nitrogens with one attached hydrogen (secondary N) is 1. The van der Waals surface area contributed by atoms with E-state index in [1.807, 2.05) is 28.9 Å². The van der Waals surface area contributed by atoms with Gasteiger partial charge in [0.25, 0.3) is 0 Å². The van der Waals surface area contributed by atoms with Gasteiger partial charge in [0.15, 0.2) is 5.78 Å². The van der Waals surface area contributed by atoms with E-state index in [9.17, 15) is 4.79 Å². The topological polar surface area (TPSA) is 73.0 Å². The Balaban J connectivity index is 1.65. The molecule has 0 unspecified atom stereocenters. The standard InChI is InChI=1S/C20H18N4O2/c1-12-5-2-3-6-14(12)19-18-15(23-20-21-11-22-24(19)20)9-13(10-16(18)25)17-7-4-8-26-17/h2-8,11,13,19H,9-10H2,1H3,(H,21,22,23)/t13-,19-/m1/s1. The number of Topliss-reactive ketones (excluding diaryl/α,β-unsaturated/α-hetero) is 1. The first-order valence-corrected chi connectivity index (χ1v) is 8.74. The lowest BCUT2D eigenvalue weighted by molar-refractivity contribution is -0.117. The Bertz CT molecular complexity index is 1020. The number of ketones is 1. The van der Waals surface area contributed by atoms with Crippen LogP contribution in [0.3, 0.4) is 0 Å². The van der Waals surface area contributed by atoms with Crippen molar-refractivity contribution in [3.05, 3.63) is 77.1 Å². The molecule has 3 aromatic rings. The molecular weight excluding hydrogens is 328 g/mol. The SMILES string of the molecule is Cc1ccccc1[C@@H]1C2=C(C[C@@H](c3ccco3)CC2=O)Nc2ncnn21. The van der Waals surface area contributed by atoms with Crippen LogP contribution in [0.4, 0.5) is 5.95 Å². The van der Waals surface area contributed by atoms with Crippen LogP contribution in [-0.2, 0) is 4.79 Å². The van der Waals surface area contributed by atoms with E-state index in [2.05, 4.69) is 34.5 Å². The van der Waals surface area contributed by atoms with Gasteiger partial charge in [0.1, 0.15) is 18.1 Å². The van der Waals surface area contributed by atoms with Crippen LogP contribution in [0.15, 0.2) is 64.7 Å². The van der Waals surface area contributed by atoms with Crippen LogP contribution in [0.25, 0.3) is 0 Å². The Morgan fingerprint density at radius 3 is 2.88 bits per heavy atom. The van der Waals surface area contributed by atoms with Crippen molar-refractivity contribution in [1.29, 1.82) is 0 Å². The summed E-state index contributed by atoms with van der Waals surface area (Å²) in [6, 6.07) is 11.7. The van der Waals surface area contributed by atoms with Gasteiger partial charge in [-0.2, -0.15) is 10.1 Å².